The van der Waals surface area contributed by atoms with Gasteiger partial charge in [0, 0.05) is 23.1 Å². The van der Waals surface area contributed by atoms with Gasteiger partial charge < -0.3 is 9.67 Å². The van der Waals surface area contributed by atoms with E-state index in [9.17, 15) is 14.3 Å². The highest BCUT2D eigenvalue weighted by molar-refractivity contribution is 5.90. The molecule has 2 aromatic carbocycles. The summed E-state index contributed by atoms with van der Waals surface area (Å²) < 4.78 is 15.9. The maximum Gasteiger partial charge on any atom is 0.336 e. The van der Waals surface area contributed by atoms with Gasteiger partial charge in [-0.3, -0.25) is 0 Å². The van der Waals surface area contributed by atoms with E-state index in [4.69, 9.17) is 0 Å². The van der Waals surface area contributed by atoms with Crippen molar-refractivity contribution in [2.75, 3.05) is 0 Å². The number of aromatic nitrogens is 1. The zero-order valence-electron chi connectivity index (χ0n) is 13.3. The second-order valence-electron chi connectivity index (χ2n) is 6.34. The fraction of sp³-hybridized carbons (Fsp3) is 0.250. The molecule has 0 radical (unpaired) electrons. The highest BCUT2D eigenvalue weighted by atomic mass is 19.1. The fourth-order valence-electron chi connectivity index (χ4n) is 3.83. The minimum Gasteiger partial charge on any atom is -0.478 e. The largest absolute Gasteiger partial charge is 0.478 e. The van der Waals surface area contributed by atoms with Gasteiger partial charge in [-0.15, -0.1) is 0 Å². The summed E-state index contributed by atoms with van der Waals surface area (Å²) >= 11 is 0. The van der Waals surface area contributed by atoms with Crippen molar-refractivity contribution in [1.29, 1.82) is 0 Å². The Morgan fingerprint density at radius 1 is 1.12 bits per heavy atom. The van der Waals surface area contributed by atoms with Crippen LogP contribution in [0.2, 0.25) is 0 Å². The molecule has 0 aliphatic heterocycles. The van der Waals surface area contributed by atoms with Crippen LogP contribution in [0.4, 0.5) is 4.39 Å². The SMILES string of the molecule is O=C(O)c1ccccc1Cn1c2c(c3cc(F)ccc31)CCCC2. The Bertz CT molecular complexity index is 942. The lowest BCUT2D eigenvalue weighted by Gasteiger charge is -2.17. The van der Waals surface area contributed by atoms with Crippen molar-refractivity contribution in [3.63, 3.8) is 0 Å². The molecule has 1 aliphatic carbocycles. The molecular formula is C20H18FNO2. The van der Waals surface area contributed by atoms with E-state index in [0.29, 0.717) is 12.1 Å². The molecule has 1 heterocycles. The number of aromatic carboxylic acids is 1. The Morgan fingerprint density at radius 2 is 1.92 bits per heavy atom. The van der Waals surface area contributed by atoms with E-state index >= 15 is 0 Å². The normalized spacial score (nSPS) is 13.9. The van der Waals surface area contributed by atoms with E-state index < -0.39 is 5.97 Å². The van der Waals surface area contributed by atoms with Crippen molar-refractivity contribution in [1.82, 2.24) is 4.57 Å². The zero-order chi connectivity index (χ0) is 16.7. The Kier molecular flexibility index (Phi) is 3.60. The van der Waals surface area contributed by atoms with Crippen molar-refractivity contribution >= 4 is 16.9 Å². The summed E-state index contributed by atoms with van der Waals surface area (Å²) in [6.45, 7) is 0.500. The van der Waals surface area contributed by atoms with Gasteiger partial charge in [-0.1, -0.05) is 18.2 Å². The molecule has 122 valence electrons. The van der Waals surface area contributed by atoms with Crippen molar-refractivity contribution < 1.29 is 14.3 Å². The first-order valence-electron chi connectivity index (χ1n) is 8.26. The van der Waals surface area contributed by atoms with Crippen molar-refractivity contribution in [3.05, 3.63) is 70.7 Å². The Labute approximate surface area is 139 Å². The number of nitrogens with zero attached hydrogens (tertiary/aromatic N) is 1. The minimum atomic E-state index is -0.915. The van der Waals surface area contributed by atoms with Crippen LogP contribution in [0, 0.1) is 5.82 Å². The van der Waals surface area contributed by atoms with Gasteiger partial charge in [0.05, 0.1) is 5.56 Å². The van der Waals surface area contributed by atoms with Gasteiger partial charge in [0.25, 0.3) is 0 Å². The number of hydrogen-bond donors (Lipinski definition) is 1. The summed E-state index contributed by atoms with van der Waals surface area (Å²) in [5.74, 6) is -1.14. The molecule has 0 amide bonds. The van der Waals surface area contributed by atoms with E-state index in [2.05, 4.69) is 4.57 Å². The summed E-state index contributed by atoms with van der Waals surface area (Å²) in [5.41, 5.74) is 4.54. The van der Waals surface area contributed by atoms with E-state index in [1.807, 2.05) is 18.2 Å². The molecule has 0 fully saturated rings. The molecular weight excluding hydrogens is 305 g/mol. The number of halogens is 1. The standard InChI is InChI=1S/C20H18FNO2/c21-14-9-10-19-17(11-14)16-7-3-4-8-18(16)22(19)12-13-5-1-2-6-15(13)20(23)24/h1-2,5-6,9-11H,3-4,7-8,12H2,(H,23,24). The molecule has 0 unspecified atom stereocenters. The van der Waals surface area contributed by atoms with Crippen LogP contribution in [0.5, 0.6) is 0 Å². The van der Waals surface area contributed by atoms with Gasteiger partial charge in [-0.05, 0) is 61.1 Å². The van der Waals surface area contributed by atoms with E-state index in [1.54, 1.807) is 18.2 Å². The molecule has 4 heteroatoms. The third-order valence-electron chi connectivity index (χ3n) is 4.92. The number of aryl methyl sites for hydroxylation is 1. The number of hydrogen-bond acceptors (Lipinski definition) is 1. The van der Waals surface area contributed by atoms with Gasteiger partial charge in [0.15, 0.2) is 0 Å². The number of carboxylic acids is 1. The smallest absolute Gasteiger partial charge is 0.336 e. The van der Waals surface area contributed by atoms with Crippen molar-refractivity contribution in [3.8, 4) is 0 Å². The molecule has 3 aromatic rings. The van der Waals surface area contributed by atoms with Crippen LogP contribution < -0.4 is 0 Å². The number of carbonyl (C=O) groups is 1. The Morgan fingerprint density at radius 3 is 2.75 bits per heavy atom. The van der Waals surface area contributed by atoms with Crippen LogP contribution in [0.3, 0.4) is 0 Å². The monoisotopic (exact) mass is 323 g/mol. The second-order valence-corrected chi connectivity index (χ2v) is 6.34. The van der Waals surface area contributed by atoms with Gasteiger partial charge in [-0.2, -0.15) is 0 Å². The molecule has 3 nitrogen and oxygen atoms in total. The summed E-state index contributed by atoms with van der Waals surface area (Å²) in [7, 11) is 0. The van der Waals surface area contributed by atoms with Crippen LogP contribution in [0.15, 0.2) is 42.5 Å². The van der Waals surface area contributed by atoms with Gasteiger partial charge in [-0.25, -0.2) is 9.18 Å². The number of fused-ring (bicyclic) bond motifs is 3. The van der Waals surface area contributed by atoms with Crippen LogP contribution >= 0.6 is 0 Å². The number of rotatable bonds is 3. The zero-order valence-corrected chi connectivity index (χ0v) is 13.3. The maximum absolute atomic E-state index is 13.7. The van der Waals surface area contributed by atoms with Crippen molar-refractivity contribution in [2.45, 2.75) is 32.2 Å². The molecule has 0 atom stereocenters. The van der Waals surface area contributed by atoms with Crippen LogP contribution in [0.1, 0.15) is 40.0 Å². The van der Waals surface area contributed by atoms with Crippen LogP contribution in [0.25, 0.3) is 10.9 Å². The quantitative estimate of drug-likeness (QED) is 0.776. The molecule has 24 heavy (non-hydrogen) atoms. The summed E-state index contributed by atoms with van der Waals surface area (Å²) in [5, 5.41) is 10.4. The lowest BCUT2D eigenvalue weighted by Crippen LogP contribution is -2.11. The fourth-order valence-corrected chi connectivity index (χ4v) is 3.83. The molecule has 1 aromatic heterocycles. The molecule has 1 aliphatic rings. The second kappa shape index (κ2) is 5.78. The van der Waals surface area contributed by atoms with Crippen molar-refractivity contribution in [2.24, 2.45) is 0 Å². The predicted octanol–water partition coefficient (Wildman–Crippen LogP) is 4.41. The lowest BCUT2D eigenvalue weighted by molar-refractivity contribution is 0.0695. The van der Waals surface area contributed by atoms with Crippen LogP contribution in [-0.4, -0.2) is 15.6 Å². The molecule has 1 N–H and O–H groups in total. The number of carboxylic acid groups (broad SMARTS) is 1. The third kappa shape index (κ3) is 2.39. The summed E-state index contributed by atoms with van der Waals surface area (Å²) in [4.78, 5) is 11.5. The van der Waals surface area contributed by atoms with Gasteiger partial charge in [0.1, 0.15) is 5.82 Å². The molecule has 0 saturated heterocycles. The van der Waals surface area contributed by atoms with Crippen LogP contribution in [-0.2, 0) is 19.4 Å². The average Bonchev–Trinajstić information content (AvgIpc) is 2.89. The van der Waals surface area contributed by atoms with E-state index in [0.717, 1.165) is 42.1 Å². The van der Waals surface area contributed by atoms with E-state index in [1.165, 1.54) is 17.3 Å². The molecule has 0 spiro atoms. The molecule has 4 rings (SSSR count). The molecule has 0 saturated carbocycles. The Hall–Kier alpha value is -2.62. The summed E-state index contributed by atoms with van der Waals surface area (Å²) in [6, 6.07) is 12.0. The highest BCUT2D eigenvalue weighted by Gasteiger charge is 2.21. The third-order valence-corrected chi connectivity index (χ3v) is 4.92. The lowest BCUT2D eigenvalue weighted by atomic mass is 9.95. The Balaban J connectivity index is 1.90. The van der Waals surface area contributed by atoms with E-state index in [-0.39, 0.29) is 5.82 Å². The maximum atomic E-state index is 13.7. The predicted molar refractivity (Wildman–Crippen MR) is 91.0 cm³/mol. The number of benzene rings is 2. The topological polar surface area (TPSA) is 42.2 Å². The first-order valence-corrected chi connectivity index (χ1v) is 8.26. The van der Waals surface area contributed by atoms with Gasteiger partial charge in [0.2, 0.25) is 0 Å². The first-order chi connectivity index (χ1) is 11.6. The first kappa shape index (κ1) is 14.9. The molecule has 0 bridgehead atoms. The summed E-state index contributed by atoms with van der Waals surface area (Å²) in [6.07, 6.45) is 4.16. The minimum absolute atomic E-state index is 0.223. The van der Waals surface area contributed by atoms with Gasteiger partial charge >= 0.3 is 5.97 Å². The highest BCUT2D eigenvalue weighted by Crippen LogP contribution is 2.33. The average molecular weight is 323 g/mol.